The number of halogens is 1. The minimum absolute atomic E-state index is 0.0104. The van der Waals surface area contributed by atoms with E-state index in [9.17, 15) is 19.2 Å². The maximum absolute atomic E-state index is 14.7. The van der Waals surface area contributed by atoms with Crippen LogP contribution >= 0.6 is 15.9 Å². The SMILES string of the molecule is CN[C@@H](C)C(=O)N[C@H](C(=O)N1C[C@@H](NC(=O)CCCCCCCCCCOc2cc3nc(C)nc(N[C@H](C)c4cccc(Br)c4)c3cc2OC)C[C@H]1C(=O)N[C@@H]1CCCc2ccccc21)C1CCCCC1. The number of rotatable bonds is 24. The van der Waals surface area contributed by atoms with Gasteiger partial charge in [0.25, 0.3) is 0 Å². The van der Waals surface area contributed by atoms with Crippen LogP contribution in [0.3, 0.4) is 0 Å². The number of likely N-dealkylation sites (N-methyl/N-ethyl adjacent to an activating group) is 1. The number of carbonyl (C=O) groups excluding carboxylic acids is 4. The van der Waals surface area contributed by atoms with Gasteiger partial charge in [-0.3, -0.25) is 19.2 Å². The highest BCUT2D eigenvalue weighted by molar-refractivity contribution is 9.10. The fourth-order valence-electron chi connectivity index (χ4n) is 10.7. The molecule has 4 amide bonds. The summed E-state index contributed by atoms with van der Waals surface area (Å²) in [6.45, 7) is 6.59. The van der Waals surface area contributed by atoms with Gasteiger partial charge in [0.1, 0.15) is 23.7 Å². The molecule has 14 nitrogen and oxygen atoms in total. The van der Waals surface area contributed by atoms with E-state index >= 15 is 0 Å². The van der Waals surface area contributed by atoms with Crippen LogP contribution in [0.15, 0.2) is 65.1 Å². The number of fused-ring (bicyclic) bond motifs is 2. The summed E-state index contributed by atoms with van der Waals surface area (Å²) in [4.78, 5) is 66.7. The molecular formula is C56H77BrN8O6. The van der Waals surface area contributed by atoms with Crippen LogP contribution < -0.4 is 36.1 Å². The summed E-state index contributed by atoms with van der Waals surface area (Å²) in [6.07, 6.45) is 16.4. The van der Waals surface area contributed by atoms with Crippen LogP contribution in [0.4, 0.5) is 5.82 Å². The van der Waals surface area contributed by atoms with Gasteiger partial charge in [-0.2, -0.15) is 0 Å². The van der Waals surface area contributed by atoms with Gasteiger partial charge in [-0.1, -0.05) is 110 Å². The first kappa shape index (κ1) is 53.5. The quantitative estimate of drug-likeness (QED) is 0.0425. The number of amides is 4. The van der Waals surface area contributed by atoms with Gasteiger partial charge in [-0.25, -0.2) is 9.97 Å². The minimum Gasteiger partial charge on any atom is -0.493 e. The van der Waals surface area contributed by atoms with Crippen LogP contribution in [0, 0.1) is 12.8 Å². The molecule has 0 radical (unpaired) electrons. The van der Waals surface area contributed by atoms with Crippen LogP contribution in [0.2, 0.25) is 0 Å². The van der Waals surface area contributed by atoms with Crippen LogP contribution in [-0.4, -0.2) is 90.0 Å². The Morgan fingerprint density at radius 2 is 1.58 bits per heavy atom. The summed E-state index contributed by atoms with van der Waals surface area (Å²) >= 11 is 3.57. The number of hydrogen-bond acceptors (Lipinski definition) is 10. The van der Waals surface area contributed by atoms with Gasteiger partial charge in [0.2, 0.25) is 23.6 Å². The van der Waals surface area contributed by atoms with E-state index in [0.29, 0.717) is 36.8 Å². The maximum atomic E-state index is 14.7. The lowest BCUT2D eigenvalue weighted by Gasteiger charge is -2.35. The lowest BCUT2D eigenvalue weighted by Crippen LogP contribution is -2.58. The normalized spacial score (nSPS) is 19.3. The first-order valence-electron chi connectivity index (χ1n) is 26.4. The molecule has 3 aromatic carbocycles. The third-order valence-electron chi connectivity index (χ3n) is 14.8. The number of carbonyl (C=O) groups is 4. The first-order valence-corrected chi connectivity index (χ1v) is 27.2. The molecule has 1 saturated carbocycles. The number of nitrogens with one attached hydrogen (secondary N) is 5. The van der Waals surface area contributed by atoms with E-state index in [1.54, 1.807) is 26.0 Å². The van der Waals surface area contributed by atoms with E-state index in [1.807, 2.05) is 43.3 Å². The zero-order valence-electron chi connectivity index (χ0n) is 42.6. The van der Waals surface area contributed by atoms with Crippen molar-refractivity contribution in [3.63, 3.8) is 0 Å². The molecule has 15 heteroatoms. The summed E-state index contributed by atoms with van der Waals surface area (Å²) in [6, 6.07) is 17.9. The van der Waals surface area contributed by atoms with Crippen LogP contribution in [-0.2, 0) is 25.6 Å². The zero-order chi connectivity index (χ0) is 50.3. The number of aromatic nitrogens is 2. The minimum atomic E-state index is -0.756. The molecule has 4 aromatic rings. The van der Waals surface area contributed by atoms with Crippen LogP contribution in [0.1, 0.15) is 158 Å². The van der Waals surface area contributed by atoms with Crippen molar-refractivity contribution in [1.82, 2.24) is 36.1 Å². The van der Waals surface area contributed by atoms with Crippen molar-refractivity contribution in [3.8, 4) is 11.5 Å². The fraction of sp³-hybridized carbons (Fsp3) is 0.571. The Kier molecular flexibility index (Phi) is 19.9. The van der Waals surface area contributed by atoms with E-state index in [4.69, 9.17) is 19.4 Å². The molecule has 71 heavy (non-hydrogen) atoms. The molecule has 0 bridgehead atoms. The van der Waals surface area contributed by atoms with Crippen molar-refractivity contribution in [1.29, 1.82) is 0 Å². The Morgan fingerprint density at radius 3 is 2.32 bits per heavy atom. The number of nitrogens with zero attached hydrogens (tertiary/aromatic N) is 3. The van der Waals surface area contributed by atoms with Crippen molar-refractivity contribution >= 4 is 56.3 Å². The van der Waals surface area contributed by atoms with Crippen molar-refractivity contribution in [2.24, 2.45) is 5.92 Å². The number of aryl methyl sites for hydroxylation is 2. The summed E-state index contributed by atoms with van der Waals surface area (Å²) in [5.74, 6) is 1.99. The van der Waals surface area contributed by atoms with Gasteiger partial charge in [-0.05, 0) is 120 Å². The molecule has 0 spiro atoms. The molecule has 1 aliphatic heterocycles. The summed E-state index contributed by atoms with van der Waals surface area (Å²) in [5, 5.41) is 17.0. The number of benzene rings is 3. The second kappa shape index (κ2) is 26.4. The topological polar surface area (TPSA) is 176 Å². The highest BCUT2D eigenvalue weighted by Gasteiger charge is 2.45. The summed E-state index contributed by atoms with van der Waals surface area (Å²) in [7, 11) is 3.38. The molecule has 0 unspecified atom stereocenters. The Bertz CT molecular complexity index is 2430. The molecule has 6 atom stereocenters. The third-order valence-corrected chi connectivity index (χ3v) is 15.3. The average Bonchev–Trinajstić information content (AvgIpc) is 3.80. The van der Waals surface area contributed by atoms with E-state index in [1.165, 1.54) is 5.56 Å². The average molecular weight is 1040 g/mol. The van der Waals surface area contributed by atoms with E-state index in [0.717, 1.165) is 135 Å². The second-order valence-corrected chi connectivity index (χ2v) is 21.0. The van der Waals surface area contributed by atoms with Crippen molar-refractivity contribution < 1.29 is 28.7 Å². The first-order chi connectivity index (χ1) is 34.4. The van der Waals surface area contributed by atoms with Gasteiger partial charge in [0.05, 0.1) is 37.4 Å². The largest absolute Gasteiger partial charge is 0.493 e. The third kappa shape index (κ3) is 14.7. The summed E-state index contributed by atoms with van der Waals surface area (Å²) < 4.78 is 13.0. The predicted octanol–water partition coefficient (Wildman–Crippen LogP) is 9.72. The molecule has 2 heterocycles. The van der Waals surface area contributed by atoms with Gasteiger partial charge >= 0.3 is 0 Å². The van der Waals surface area contributed by atoms with E-state index < -0.39 is 18.1 Å². The lowest BCUT2D eigenvalue weighted by atomic mass is 9.83. The molecule has 1 saturated heterocycles. The number of likely N-dealkylation sites (tertiary alicyclic amines) is 1. The van der Waals surface area contributed by atoms with E-state index in [2.05, 4.69) is 73.7 Å². The van der Waals surface area contributed by atoms with Crippen LogP contribution in [0.25, 0.3) is 10.9 Å². The molecular weight excluding hydrogens is 961 g/mol. The Morgan fingerprint density at radius 1 is 0.831 bits per heavy atom. The van der Waals surface area contributed by atoms with E-state index in [-0.39, 0.29) is 54.2 Å². The highest BCUT2D eigenvalue weighted by Crippen LogP contribution is 2.37. The lowest BCUT2D eigenvalue weighted by molar-refractivity contribution is -0.143. The number of methoxy groups -OCH3 is 1. The zero-order valence-corrected chi connectivity index (χ0v) is 44.2. The monoisotopic (exact) mass is 1040 g/mol. The van der Waals surface area contributed by atoms with Crippen molar-refractivity contribution in [2.75, 3.05) is 32.6 Å². The predicted molar refractivity (Wildman–Crippen MR) is 283 cm³/mol. The highest BCUT2D eigenvalue weighted by atomic mass is 79.9. The number of hydrogen-bond donors (Lipinski definition) is 5. The van der Waals surface area contributed by atoms with Gasteiger partial charge in [-0.15, -0.1) is 0 Å². The van der Waals surface area contributed by atoms with Crippen molar-refractivity contribution in [2.45, 2.75) is 173 Å². The summed E-state index contributed by atoms with van der Waals surface area (Å²) in [5.41, 5.74) is 4.31. The smallest absolute Gasteiger partial charge is 0.246 e. The molecule has 2 fully saturated rings. The molecule has 2 aliphatic carbocycles. The van der Waals surface area contributed by atoms with Gasteiger partial charge in [0, 0.05) is 34.9 Å². The number of anilines is 1. The van der Waals surface area contributed by atoms with Gasteiger partial charge < -0.3 is 41.0 Å². The molecule has 5 N–H and O–H groups in total. The molecule has 384 valence electrons. The maximum Gasteiger partial charge on any atom is 0.246 e. The Balaban J connectivity index is 0.847. The molecule has 1 aromatic heterocycles. The number of unbranched alkanes of at least 4 members (excludes halogenated alkanes) is 7. The van der Waals surface area contributed by atoms with Gasteiger partial charge in [0.15, 0.2) is 11.5 Å². The number of ether oxygens (including phenoxy) is 2. The Hall–Kier alpha value is -5.28. The molecule has 7 rings (SSSR count). The van der Waals surface area contributed by atoms with Crippen LogP contribution in [0.5, 0.6) is 11.5 Å². The molecule has 3 aliphatic rings. The Labute approximate surface area is 429 Å². The second-order valence-electron chi connectivity index (χ2n) is 20.0. The standard InChI is InChI=1S/C56H77BrN8O6/c1-36(41-25-19-26-42(57)31-41)59-53-45-33-49(70-5)50(34-47(45)60-38(3)61-53)71-30-18-11-9-7-6-8-10-15-29-51(66)62-43-32-48(55(68)63-46-28-20-24-39-21-16-17-27-44(39)46)65(35-43)56(69)52(40-22-13-12-14-23-40)64-54(67)37(2)58-4/h16-17,19,21,25-27,31,33-34,36-37,40,43,46,48,52,58H,6-15,18,20,22-24,28-30,32,35H2,1-5H3,(H,62,66)(H,63,68)(H,64,67)(H,59,60,61)/t36-,37+,43+,46-,48+,52+/m1/s1. The van der Waals surface area contributed by atoms with Crippen molar-refractivity contribution in [3.05, 3.63) is 87.7 Å². The fourth-order valence-corrected chi connectivity index (χ4v) is 11.1.